The van der Waals surface area contributed by atoms with Crippen LogP contribution in [0, 0.1) is 23.7 Å². The number of Topliss-reactive ketones (excluding diaryl/α,β-unsaturated/α-hetero) is 1. The molecule has 0 saturated carbocycles. The van der Waals surface area contributed by atoms with E-state index in [1.807, 2.05) is 66.1 Å². The number of carbonyl (C=O) groups is 2. The Morgan fingerprint density at radius 1 is 0.446 bits per heavy atom. The summed E-state index contributed by atoms with van der Waals surface area (Å²) in [4.78, 5) is 28.1. The van der Waals surface area contributed by atoms with Gasteiger partial charge >= 0.3 is 0 Å². The number of ketones is 1. The Hall–Kier alpha value is 15.6. The Labute approximate surface area is 1110 Å². The number of aryl methyl sites for hydroxylation is 2. The molecule has 0 unspecified atom stereocenters. The molecule has 4 rings (SSSR count). The maximum absolute atomic E-state index is 10.0. The van der Waals surface area contributed by atoms with Crippen LogP contribution >= 0.6 is 0 Å². The molecule has 1 amide bonds. The molecule has 0 aliphatic carbocycles. The Morgan fingerprint density at radius 3 is 0.857 bits per heavy atom. The third-order valence-corrected chi connectivity index (χ3v) is 8.66. The van der Waals surface area contributed by atoms with Crippen molar-refractivity contribution in [3.05, 3.63) is 106 Å². The van der Waals surface area contributed by atoms with E-state index in [4.69, 9.17) is 22.6 Å². The molecule has 8 nitrogen and oxygen atoms in total. The maximum atomic E-state index is 10.0. The van der Waals surface area contributed by atoms with Gasteiger partial charge in [-0.2, -0.15) is 18.5 Å². The standard InChI is InChI=1S/C10H10N.C8H10.C6H9N.C5H10N2.C5H10O.2C5H12.C4H9NO.2C4H10.C3H8N.C3H8S.2C3H8.C2H6.5CH4.28W/c1-2-8-7-11-10-6-4-3-5-9(8)10;1-2-8-6-4-3-5-7-8;1-2-6-4-3-5-7-6;1-2-3-4-5(6)7;1-3-4-5(2)6;2*1-4-5(2)3;1-2-3-4(5)6;2*1-4(2)3;2*1-2-3-4;2*1-3-2;1-2;;;;;;;;;;;;;;;;;;;;;;;;;;;;;;;;;/h3-7H,2H2,1H3;3-7H,2H2,1H3;4-5H,2-3H2,1H3;2-4H2,1H3,(H-2,6,7);3-4H2,1-2H3;2*5H,4H2,1-3H3;2-3H2,1H3,(H2,5,6);2*4H,1-3H3;2*4H,2-3H2,1H3;2*3H2,1-2H3;1-2H3;5*1H4;;;;;;;;;;;;;;;;;;;;;;;;;;;;/q-1;;;-2;;;;;;;-1;;;;;;;;;;;;;;;;;;;;;;;;;;;;;;;;;;;;;/p-2. The zero-order valence-electron chi connectivity index (χ0n) is 69.2. The second-order valence-electron chi connectivity index (χ2n) is 20.2. The number of unbranched alkanes of at least 4 members (excludes halogenated alkanes) is 1. The number of allylic oxidation sites excluding steroid dienone is 2. The first-order chi connectivity index (χ1) is 37.2. The number of amides is 1. The summed E-state index contributed by atoms with van der Waals surface area (Å²) in [5.41, 5.74) is 24.5. The number of fused-ring (bicyclic) bond motifs is 1. The van der Waals surface area contributed by atoms with E-state index in [2.05, 4.69) is 210 Å². The number of carbonyl (C=O) groups excluding carboxylic acids is 2. The van der Waals surface area contributed by atoms with Gasteiger partial charge < -0.3 is 55.6 Å². The number of amidine groups is 1. The van der Waals surface area contributed by atoms with Crippen LogP contribution in [0.2, 0.25) is 0 Å². The first-order valence-corrected chi connectivity index (χ1v) is 31.8. The van der Waals surface area contributed by atoms with Gasteiger partial charge in [0.1, 0.15) is 5.78 Å². The van der Waals surface area contributed by atoms with Crippen molar-refractivity contribution in [2.45, 2.75) is 333 Å². The second-order valence-corrected chi connectivity index (χ2v) is 20.6. The summed E-state index contributed by atoms with van der Waals surface area (Å²) in [5.74, 6) is 3.97. The second kappa shape index (κ2) is 279. The Kier molecular flexibility index (Phi) is 729. The van der Waals surface area contributed by atoms with Gasteiger partial charge in [-0.1, -0.05) is 348 Å². The van der Waals surface area contributed by atoms with Crippen LogP contribution in [0.25, 0.3) is 33.5 Å². The number of nitrogens with one attached hydrogen (secondary N) is 3. The molecule has 3 N–H and O–H groups in total. The summed E-state index contributed by atoms with van der Waals surface area (Å²) < 4.78 is 0. The summed E-state index contributed by atoms with van der Waals surface area (Å²) in [6.07, 6.45) is 23.0. The van der Waals surface area contributed by atoms with Crippen LogP contribution in [0.4, 0.5) is 0 Å². The van der Waals surface area contributed by atoms with Crippen LogP contribution < -0.4 is 4.98 Å². The number of benzene rings is 2. The van der Waals surface area contributed by atoms with E-state index in [0.29, 0.717) is 19.4 Å². The number of rotatable bonds is 14. The van der Waals surface area contributed by atoms with E-state index < -0.39 is 5.91 Å². The van der Waals surface area contributed by atoms with Crippen molar-refractivity contribution in [2.24, 2.45) is 28.7 Å². The largest absolute Gasteiger partial charge is 0.828 e. The van der Waals surface area contributed by atoms with E-state index in [-0.39, 0.29) is 639 Å². The van der Waals surface area contributed by atoms with E-state index in [1.165, 1.54) is 47.9 Å². The van der Waals surface area contributed by atoms with E-state index in [0.717, 1.165) is 106 Å². The summed E-state index contributed by atoms with van der Waals surface area (Å²) in [6.45, 7) is 57.4. The maximum Gasteiger partial charge on any atom is 0.129 e. The predicted molar refractivity (Wildman–Crippen MR) is 406 cm³/mol. The first-order valence-electron chi connectivity index (χ1n) is 31.2. The number of aliphatic imine (C=N–C) groups is 1. The number of hydrogen-bond acceptors (Lipinski definition) is 4. The molecule has 0 saturated heterocycles. The topological polar surface area (TPSA) is 154 Å². The van der Waals surface area contributed by atoms with Crippen LogP contribution in [0.3, 0.4) is 0 Å². The number of nitrogens with zero attached hydrogens (tertiary/aromatic N) is 3. The van der Waals surface area contributed by atoms with Crippen LogP contribution in [0.5, 0.6) is 0 Å². The fourth-order valence-electron chi connectivity index (χ4n) is 3.64. The third-order valence-electron chi connectivity index (χ3n) is 8.25. The van der Waals surface area contributed by atoms with Gasteiger partial charge in [0.2, 0.25) is 0 Å². The zero-order chi connectivity index (χ0) is 64.3. The fraction of sp³-hybridized carbons (Fsp3) is 0.733. The third kappa shape index (κ3) is 370. The number of aromatic nitrogens is 1. The van der Waals surface area contributed by atoms with Crippen molar-refractivity contribution in [1.82, 2.24) is 4.98 Å². The van der Waals surface area contributed by atoms with E-state index in [1.54, 1.807) is 6.92 Å². The van der Waals surface area contributed by atoms with Crippen molar-refractivity contribution in [1.29, 1.82) is 0 Å². The molecule has 3 aromatic rings. The molecule has 680 valence electrons. The van der Waals surface area contributed by atoms with Crippen molar-refractivity contribution < 1.29 is 599 Å². The molecule has 0 radical (unpaired) electrons. The molecular weight excluding hydrogens is 6200 g/mol. The predicted octanol–water partition coefficient (Wildman–Crippen LogP) is 28.1. The quantitative estimate of drug-likeness (QED) is 0.0895. The summed E-state index contributed by atoms with van der Waals surface area (Å²) >= 11 is 4.55. The molecule has 1 aliphatic rings. The smallest absolute Gasteiger partial charge is 0.129 e. The van der Waals surface area contributed by atoms with Crippen molar-refractivity contribution in [3.63, 3.8) is 0 Å². The van der Waals surface area contributed by atoms with Crippen LogP contribution in [0.1, 0.15) is 332 Å². The minimum Gasteiger partial charge on any atom is -0.828 e. The van der Waals surface area contributed by atoms with Gasteiger partial charge in [-0.05, 0) is 73.6 Å². The molecule has 0 fully saturated rings. The molecular formula is C75H158N6O2SW28-6. The number of para-hydroxylation sites is 1. The molecule has 37 heteroatoms. The molecule has 0 bridgehead atoms. The van der Waals surface area contributed by atoms with Crippen LogP contribution in [-0.4, -0.2) is 36.0 Å². The van der Waals surface area contributed by atoms with Crippen molar-refractivity contribution >= 4 is 47.3 Å². The Balaban J connectivity index is -0.0000000105. The molecule has 1 aliphatic heterocycles. The normalized spacial score (nSPS) is 6.63. The average Bonchev–Trinajstić information content (AvgIpc) is 4.11. The molecule has 2 heterocycles. The molecule has 0 spiro atoms. The fourth-order valence-corrected chi connectivity index (χ4v) is 3.64. The van der Waals surface area contributed by atoms with E-state index in [9.17, 15) is 9.59 Å². The summed E-state index contributed by atoms with van der Waals surface area (Å²) in [5, 5.41) is 9.57. The zero-order valence-corrected chi connectivity index (χ0v) is 152. The van der Waals surface area contributed by atoms with E-state index >= 15 is 0 Å². The summed E-state index contributed by atoms with van der Waals surface area (Å²) in [6, 6.07) is 18.7. The molecule has 1 aromatic heterocycles. The van der Waals surface area contributed by atoms with Crippen molar-refractivity contribution in [3.8, 4) is 0 Å². The van der Waals surface area contributed by atoms with Crippen LogP contribution in [0.15, 0.2) is 77.6 Å². The Bertz CT molecular complexity index is 1610. The minimum atomic E-state index is -0.461. The van der Waals surface area contributed by atoms with Crippen molar-refractivity contribution in [2.75, 3.05) is 12.3 Å². The van der Waals surface area contributed by atoms with Gasteiger partial charge in [-0.15, -0.1) is 5.52 Å². The van der Waals surface area contributed by atoms with Gasteiger partial charge in [0.05, 0.1) is 0 Å². The SMILES string of the molecule is C.C.C.C.C.CC.CC(C)C.CC(C)C.CCC.CCC.CCC(C)C.CCC(C)C.CCC1=CCC=N1.CCCC(C)=O.CCCC([NH-])=O.CCCCC(=[N-])[NH-].CCC[NH-].CCC[S-].CCc1c[n-]c2ccccc12.CCc1ccccc1.[W].[W].[W].[W].[W].[W].[W].[W].[W].[W].[W].[W].[W].[W].[W].[W].[W].[W].[W].[W].[W].[W].[W].[W].[W].[W].[W].[W]. The van der Waals surface area contributed by atoms with Crippen LogP contribution in [-0.2, 0) is 625 Å². The Morgan fingerprint density at radius 2 is 0.723 bits per heavy atom. The monoisotopic (exact) mass is 6360 g/mol. The molecule has 0 atom stereocenters. The first kappa shape index (κ1) is 293. The minimum absolute atomic E-state index is 0. The van der Waals surface area contributed by atoms with Gasteiger partial charge in [0.25, 0.3) is 0 Å². The summed E-state index contributed by atoms with van der Waals surface area (Å²) in [7, 11) is 0. The van der Waals surface area contributed by atoms with Gasteiger partial charge in [-0.25, -0.2) is 0 Å². The molecule has 2 aromatic carbocycles. The average molecular weight is 6360 g/mol. The van der Waals surface area contributed by atoms with Gasteiger partial charge in [0.15, 0.2) is 0 Å². The van der Waals surface area contributed by atoms with Gasteiger partial charge in [-0.3, -0.25) is 4.99 Å². The van der Waals surface area contributed by atoms with Gasteiger partial charge in [0, 0.05) is 620 Å². The number of hydrogen-bond donors (Lipinski definition) is 0. The molecule has 112 heavy (non-hydrogen) atoms.